The lowest BCUT2D eigenvalue weighted by atomic mass is 9.55. The SMILES string of the molecule is CCCCSC(=O)/C=C/c1ccc2c(c1O)C(O)=C1C(=O)[C@]3(O)C(O)=C(C(N)=O)C(=O)C[C@@H]3[C@@H](O)[C@@H]1[C@H]2C. The number of ketones is 2. The molecule has 202 valence electrons. The van der Waals surface area contributed by atoms with Crippen LogP contribution in [-0.2, 0) is 19.2 Å². The summed E-state index contributed by atoms with van der Waals surface area (Å²) in [6, 6.07) is 3.13. The first-order chi connectivity index (χ1) is 17.9. The molecule has 10 nitrogen and oxygen atoms in total. The Morgan fingerprint density at radius 2 is 1.89 bits per heavy atom. The van der Waals surface area contributed by atoms with Gasteiger partial charge in [-0.1, -0.05) is 44.2 Å². The molecule has 0 radical (unpaired) electrons. The lowest BCUT2D eigenvalue weighted by Crippen LogP contribution is -2.63. The summed E-state index contributed by atoms with van der Waals surface area (Å²) in [5.41, 5.74) is 1.37. The normalized spacial score (nSPS) is 28.8. The minimum atomic E-state index is -2.88. The minimum Gasteiger partial charge on any atom is -0.508 e. The van der Waals surface area contributed by atoms with Crippen molar-refractivity contribution in [1.82, 2.24) is 0 Å². The lowest BCUT2D eigenvalue weighted by molar-refractivity contribution is -0.160. The van der Waals surface area contributed by atoms with Crippen molar-refractivity contribution in [2.75, 3.05) is 5.75 Å². The number of unbranched alkanes of at least 4 members (excludes halogenated alkanes) is 1. The van der Waals surface area contributed by atoms with Gasteiger partial charge in [0.2, 0.25) is 10.9 Å². The number of aliphatic hydroxyl groups is 4. The van der Waals surface area contributed by atoms with Gasteiger partial charge in [-0.05, 0) is 30.1 Å². The summed E-state index contributed by atoms with van der Waals surface area (Å²) < 4.78 is 0. The van der Waals surface area contributed by atoms with Crippen LogP contribution in [0.4, 0.5) is 0 Å². The molecule has 0 saturated heterocycles. The number of nitrogens with two attached hydrogens (primary N) is 1. The Kier molecular flexibility index (Phi) is 7.30. The average Bonchev–Trinajstić information content (AvgIpc) is 2.85. The number of thioether (sulfide) groups is 1. The van der Waals surface area contributed by atoms with E-state index in [4.69, 9.17) is 5.73 Å². The van der Waals surface area contributed by atoms with E-state index in [9.17, 15) is 44.7 Å². The summed E-state index contributed by atoms with van der Waals surface area (Å²) in [5, 5.41) is 55.3. The number of Topliss-reactive ketones (excluding diaryl/α,β-unsaturated/α-hetero) is 2. The fraction of sp³-hybridized carbons (Fsp3) is 0.407. The summed E-state index contributed by atoms with van der Waals surface area (Å²) in [6.45, 7) is 3.66. The topological polar surface area (TPSA) is 195 Å². The number of fused-ring (bicyclic) bond motifs is 3. The zero-order valence-electron chi connectivity index (χ0n) is 20.8. The third kappa shape index (κ3) is 4.05. The van der Waals surface area contributed by atoms with Gasteiger partial charge in [0.15, 0.2) is 11.4 Å². The quantitative estimate of drug-likeness (QED) is 0.175. The molecule has 3 aliphatic rings. The van der Waals surface area contributed by atoms with E-state index >= 15 is 0 Å². The zero-order valence-corrected chi connectivity index (χ0v) is 21.6. The van der Waals surface area contributed by atoms with E-state index in [1.807, 2.05) is 6.92 Å². The van der Waals surface area contributed by atoms with E-state index in [1.54, 1.807) is 13.0 Å². The number of phenols is 1. The summed E-state index contributed by atoms with van der Waals surface area (Å²) in [5.74, 6) is -8.50. The molecule has 1 aromatic rings. The molecule has 0 unspecified atom stereocenters. The number of amides is 1. The maximum absolute atomic E-state index is 13.7. The number of aromatic hydroxyl groups is 1. The highest BCUT2D eigenvalue weighted by molar-refractivity contribution is 8.14. The van der Waals surface area contributed by atoms with Gasteiger partial charge in [-0.2, -0.15) is 0 Å². The van der Waals surface area contributed by atoms with Gasteiger partial charge >= 0.3 is 0 Å². The molecular weight excluding hydrogens is 514 g/mol. The summed E-state index contributed by atoms with van der Waals surface area (Å²) in [6.07, 6.45) is 2.28. The molecule has 38 heavy (non-hydrogen) atoms. The molecule has 1 saturated carbocycles. The number of benzene rings is 1. The number of carbonyl (C=O) groups is 4. The van der Waals surface area contributed by atoms with E-state index in [1.165, 1.54) is 18.2 Å². The molecule has 3 aliphatic carbocycles. The van der Waals surface area contributed by atoms with Crippen LogP contribution in [0.1, 0.15) is 55.7 Å². The van der Waals surface area contributed by atoms with Crippen molar-refractivity contribution in [1.29, 1.82) is 0 Å². The Hall–Kier alpha value is -3.41. The Morgan fingerprint density at radius 3 is 2.53 bits per heavy atom. The van der Waals surface area contributed by atoms with Crippen LogP contribution in [0.25, 0.3) is 11.8 Å². The molecule has 1 amide bonds. The summed E-state index contributed by atoms with van der Waals surface area (Å²) in [7, 11) is 0. The fourth-order valence-corrected chi connectivity index (χ4v) is 6.47. The van der Waals surface area contributed by atoms with Crippen LogP contribution in [0.15, 0.2) is 35.1 Å². The maximum Gasteiger partial charge on any atom is 0.255 e. The second-order valence-corrected chi connectivity index (χ2v) is 10.9. The van der Waals surface area contributed by atoms with Crippen molar-refractivity contribution < 1.29 is 44.7 Å². The Bertz CT molecular complexity index is 1340. The average molecular weight is 544 g/mol. The predicted octanol–water partition coefficient (Wildman–Crippen LogP) is 2.03. The van der Waals surface area contributed by atoms with Gasteiger partial charge in [0, 0.05) is 35.1 Å². The molecule has 0 bridgehead atoms. The van der Waals surface area contributed by atoms with Crippen molar-refractivity contribution in [3.8, 4) is 5.75 Å². The van der Waals surface area contributed by atoms with Crippen LogP contribution < -0.4 is 5.73 Å². The second-order valence-electron chi connectivity index (χ2n) is 9.81. The number of rotatable bonds is 6. The smallest absolute Gasteiger partial charge is 0.255 e. The summed E-state index contributed by atoms with van der Waals surface area (Å²) in [4.78, 5) is 50.1. The number of phenolic OH excluding ortho intramolecular Hbond substituents is 1. The van der Waals surface area contributed by atoms with Crippen LogP contribution in [0.5, 0.6) is 5.75 Å². The molecular formula is C27H29NO9S. The van der Waals surface area contributed by atoms with Crippen LogP contribution in [0, 0.1) is 11.8 Å². The Labute approximate surface area is 222 Å². The number of primary amides is 1. The van der Waals surface area contributed by atoms with Gasteiger partial charge in [-0.3, -0.25) is 19.2 Å². The molecule has 1 fully saturated rings. The molecule has 0 aliphatic heterocycles. The molecule has 0 heterocycles. The predicted molar refractivity (Wildman–Crippen MR) is 139 cm³/mol. The van der Waals surface area contributed by atoms with Crippen molar-refractivity contribution in [3.05, 3.63) is 51.8 Å². The van der Waals surface area contributed by atoms with Crippen molar-refractivity contribution in [2.45, 2.75) is 50.7 Å². The van der Waals surface area contributed by atoms with Crippen LogP contribution >= 0.6 is 11.8 Å². The van der Waals surface area contributed by atoms with Crippen molar-refractivity contribution in [2.24, 2.45) is 17.6 Å². The summed E-state index contributed by atoms with van der Waals surface area (Å²) >= 11 is 1.13. The molecule has 4 rings (SSSR count). The van der Waals surface area contributed by atoms with E-state index in [-0.39, 0.29) is 16.2 Å². The van der Waals surface area contributed by atoms with Crippen LogP contribution in [-0.4, -0.2) is 65.6 Å². The first kappa shape index (κ1) is 27.6. The van der Waals surface area contributed by atoms with Crippen LogP contribution in [0.3, 0.4) is 0 Å². The molecule has 5 atom stereocenters. The van der Waals surface area contributed by atoms with E-state index < -0.39 is 81.8 Å². The molecule has 1 aromatic carbocycles. The first-order valence-corrected chi connectivity index (χ1v) is 13.2. The number of hydrogen-bond donors (Lipinski definition) is 6. The number of carbonyl (C=O) groups excluding carboxylic acids is 4. The highest BCUT2D eigenvalue weighted by Crippen LogP contribution is 2.55. The van der Waals surface area contributed by atoms with Gasteiger partial charge in [0.05, 0.1) is 11.7 Å². The molecule has 0 spiro atoms. The lowest BCUT2D eigenvalue weighted by Gasteiger charge is -2.50. The van der Waals surface area contributed by atoms with Gasteiger partial charge < -0.3 is 31.3 Å². The fourth-order valence-electron chi connectivity index (χ4n) is 5.67. The first-order valence-electron chi connectivity index (χ1n) is 12.2. The zero-order chi connectivity index (χ0) is 28.1. The van der Waals surface area contributed by atoms with Crippen LogP contribution in [0.2, 0.25) is 0 Å². The largest absolute Gasteiger partial charge is 0.508 e. The van der Waals surface area contributed by atoms with Crippen molar-refractivity contribution >= 4 is 46.2 Å². The Morgan fingerprint density at radius 1 is 1.21 bits per heavy atom. The molecule has 7 N–H and O–H groups in total. The van der Waals surface area contributed by atoms with Gasteiger partial charge in [0.1, 0.15) is 22.8 Å². The Balaban J connectivity index is 1.83. The molecule has 11 heteroatoms. The third-order valence-electron chi connectivity index (χ3n) is 7.67. The monoisotopic (exact) mass is 543 g/mol. The second kappa shape index (κ2) is 10.0. The van der Waals surface area contributed by atoms with E-state index in [0.717, 1.165) is 24.6 Å². The maximum atomic E-state index is 13.7. The minimum absolute atomic E-state index is 0.120. The van der Waals surface area contributed by atoms with Gasteiger partial charge in [-0.15, -0.1) is 0 Å². The highest BCUT2D eigenvalue weighted by atomic mass is 32.2. The van der Waals surface area contributed by atoms with Gasteiger partial charge in [0.25, 0.3) is 5.91 Å². The number of aliphatic hydroxyl groups excluding tert-OH is 3. The van der Waals surface area contributed by atoms with E-state index in [2.05, 4.69) is 0 Å². The third-order valence-corrected chi connectivity index (χ3v) is 8.59. The van der Waals surface area contributed by atoms with Gasteiger partial charge in [-0.25, -0.2) is 0 Å². The van der Waals surface area contributed by atoms with E-state index in [0.29, 0.717) is 11.3 Å². The molecule has 0 aromatic heterocycles. The van der Waals surface area contributed by atoms with Crippen molar-refractivity contribution in [3.63, 3.8) is 0 Å². The standard InChI is InChI=1S/C27H29NO9S/c1-3-4-9-38-16(30)8-6-12-5-7-13-11(2)17-20(23(33)18(13)21(12)31)25(35)27(37)14(22(17)32)10-15(29)19(24(27)34)26(28)36/h5-8,11,14,17,22,31-34,37H,3-4,9-10H2,1-2H3,(H2,28,36)/b8-6+/t11-,14+,17+,22+,27+/m0/s1. The number of hydrogen-bond acceptors (Lipinski definition) is 10. The highest BCUT2D eigenvalue weighted by Gasteiger charge is 2.64.